The summed E-state index contributed by atoms with van der Waals surface area (Å²) in [5, 5.41) is 0. The van der Waals surface area contributed by atoms with Gasteiger partial charge in [0.25, 0.3) is 0 Å². The van der Waals surface area contributed by atoms with Gasteiger partial charge in [-0.2, -0.15) is 0 Å². The smallest absolute Gasteiger partial charge is 1.00 e. The molecule has 0 spiro atoms. The van der Waals surface area contributed by atoms with Gasteiger partial charge in [0.05, 0.1) is 0 Å². The van der Waals surface area contributed by atoms with Crippen LogP contribution in [0.3, 0.4) is 0 Å². The van der Waals surface area contributed by atoms with Crippen molar-refractivity contribution in [3.05, 3.63) is 54.1 Å². The first kappa shape index (κ1) is 18.5. The summed E-state index contributed by atoms with van der Waals surface area (Å²) in [4.78, 5) is 0. The van der Waals surface area contributed by atoms with Gasteiger partial charge >= 0.3 is 88.2 Å². The van der Waals surface area contributed by atoms with E-state index in [0.29, 0.717) is 0 Å². The van der Waals surface area contributed by atoms with E-state index >= 15 is 0 Å². The van der Waals surface area contributed by atoms with Crippen molar-refractivity contribution in [2.75, 3.05) is 0 Å². The molecule has 4 heteroatoms. The predicted molar refractivity (Wildman–Crippen MR) is 51.9 cm³/mol. The van der Waals surface area contributed by atoms with Gasteiger partial charge in [-0.3, -0.25) is 0 Å². The molecule has 0 aliphatic heterocycles. The Labute approximate surface area is 125 Å². The maximum Gasteiger partial charge on any atom is -1.00 e. The second-order valence-corrected chi connectivity index (χ2v) is 4.90. The van der Waals surface area contributed by atoms with Gasteiger partial charge in [-0.25, -0.2) is 0 Å². The molecule has 0 N–H and O–H groups in total. The fraction of sp³-hybridized carbons (Fsp3) is 0.167. The Morgan fingerprint density at radius 1 is 1.00 bits per heavy atom. The quantitative estimate of drug-likeness (QED) is 0.485. The molecule has 1 atom stereocenters. The second-order valence-electron chi connectivity index (χ2n) is 3.45. The molecule has 2 rings (SSSR count). The molecule has 1 aromatic rings. The van der Waals surface area contributed by atoms with Crippen molar-refractivity contribution < 1.29 is 54.6 Å². The van der Waals surface area contributed by atoms with Crippen LogP contribution >= 0.6 is 0 Å². The molecular weight excluding hydrogens is 301 g/mol. The van der Waals surface area contributed by atoms with Crippen molar-refractivity contribution >= 4 is 5.57 Å². The molecule has 16 heavy (non-hydrogen) atoms. The van der Waals surface area contributed by atoms with Crippen molar-refractivity contribution in [2.24, 2.45) is 0 Å². The molecule has 0 heterocycles. The Balaban J connectivity index is 0. The van der Waals surface area contributed by atoms with Crippen LogP contribution in [0.4, 0.5) is 0 Å². The SMILES string of the molecule is C[C]1([V+3])C=CC=C1c1ccccc1.[Cl-].[Cl-].[Cl-]. The van der Waals surface area contributed by atoms with Crippen LogP contribution in [-0.4, -0.2) is 0 Å². The van der Waals surface area contributed by atoms with Gasteiger partial charge in [0.15, 0.2) is 0 Å². The summed E-state index contributed by atoms with van der Waals surface area (Å²) in [6, 6.07) is 10.5. The molecule has 0 radical (unpaired) electrons. The van der Waals surface area contributed by atoms with E-state index < -0.39 is 0 Å². The Hall–Kier alpha value is 0.154. The summed E-state index contributed by atoms with van der Waals surface area (Å²) in [5.41, 5.74) is 2.70. The van der Waals surface area contributed by atoms with E-state index in [4.69, 9.17) is 0 Å². The van der Waals surface area contributed by atoms with Gasteiger partial charge in [-0.1, -0.05) is 0 Å². The van der Waals surface area contributed by atoms with E-state index in [-0.39, 0.29) is 41.3 Å². The molecule has 1 aromatic carbocycles. The molecule has 1 aliphatic rings. The first-order valence-electron chi connectivity index (χ1n) is 4.38. The van der Waals surface area contributed by atoms with E-state index in [1.807, 2.05) is 6.07 Å². The van der Waals surface area contributed by atoms with E-state index in [2.05, 4.69) is 66.8 Å². The summed E-state index contributed by atoms with van der Waals surface area (Å²) >= 11 is 2.73. The van der Waals surface area contributed by atoms with Crippen LogP contribution in [0.2, 0.25) is 4.13 Å². The average Bonchev–Trinajstić information content (AvgIpc) is 2.47. The number of halogens is 3. The third kappa shape index (κ3) is 3.87. The summed E-state index contributed by atoms with van der Waals surface area (Å²) < 4.78 is 0.133. The van der Waals surface area contributed by atoms with Gasteiger partial charge in [-0.05, 0) is 0 Å². The molecule has 1 unspecified atom stereocenters. The summed E-state index contributed by atoms with van der Waals surface area (Å²) in [5.74, 6) is 0. The van der Waals surface area contributed by atoms with Gasteiger partial charge in [0.2, 0.25) is 0 Å². The van der Waals surface area contributed by atoms with E-state index in [9.17, 15) is 0 Å². The Kier molecular flexibility index (Phi) is 8.65. The van der Waals surface area contributed by atoms with Crippen molar-refractivity contribution in [2.45, 2.75) is 11.1 Å². The van der Waals surface area contributed by atoms with Crippen LogP contribution in [0.5, 0.6) is 0 Å². The van der Waals surface area contributed by atoms with Crippen LogP contribution in [0.15, 0.2) is 48.6 Å². The number of allylic oxidation sites excluding steroid dienone is 4. The number of hydrogen-bond donors (Lipinski definition) is 0. The fourth-order valence-corrected chi connectivity index (χ4v) is 2.05. The minimum atomic E-state index is 0. The van der Waals surface area contributed by atoms with Gasteiger partial charge in [-0.15, -0.1) is 0 Å². The van der Waals surface area contributed by atoms with Crippen molar-refractivity contribution in [1.29, 1.82) is 0 Å². The topological polar surface area (TPSA) is 0 Å². The van der Waals surface area contributed by atoms with Crippen molar-refractivity contribution in [3.63, 3.8) is 0 Å². The molecule has 0 saturated heterocycles. The molecule has 0 saturated carbocycles. The average molecular weight is 313 g/mol. The molecule has 0 aromatic heterocycles. The van der Waals surface area contributed by atoms with E-state index in [0.717, 1.165) is 0 Å². The zero-order valence-electron chi connectivity index (χ0n) is 8.70. The van der Waals surface area contributed by atoms with Crippen LogP contribution in [0, 0.1) is 0 Å². The van der Waals surface area contributed by atoms with Crippen molar-refractivity contribution in [1.82, 2.24) is 0 Å². The zero-order chi connectivity index (χ0) is 9.31. The van der Waals surface area contributed by atoms with Crippen LogP contribution in [0.1, 0.15) is 12.5 Å². The Bertz CT molecular complexity index is 369. The molecule has 0 bridgehead atoms. The monoisotopic (exact) mass is 311 g/mol. The fourth-order valence-electron chi connectivity index (χ4n) is 1.60. The number of hydrogen-bond acceptors (Lipinski definition) is 0. The summed E-state index contributed by atoms with van der Waals surface area (Å²) in [7, 11) is 0. The molecular formula is C12H11Cl3V. The minimum absolute atomic E-state index is 0. The summed E-state index contributed by atoms with van der Waals surface area (Å²) in [6.45, 7) is 2.22. The first-order valence-corrected chi connectivity index (χ1v) is 5.08. The molecule has 1 aliphatic carbocycles. The molecule has 85 valence electrons. The largest absolute Gasteiger partial charge is 1.00 e. The third-order valence-electron chi connectivity index (χ3n) is 2.31. The van der Waals surface area contributed by atoms with E-state index in [1.54, 1.807) is 0 Å². The third-order valence-corrected chi connectivity index (χ3v) is 2.92. The van der Waals surface area contributed by atoms with Gasteiger partial charge in [0.1, 0.15) is 0 Å². The normalized spacial score (nSPS) is 21.3. The molecule has 0 amide bonds. The number of benzene rings is 1. The van der Waals surface area contributed by atoms with Gasteiger partial charge in [0, 0.05) is 0 Å². The van der Waals surface area contributed by atoms with Crippen LogP contribution < -0.4 is 37.2 Å². The van der Waals surface area contributed by atoms with Crippen LogP contribution in [0.25, 0.3) is 5.57 Å². The second kappa shape index (κ2) is 7.47. The Morgan fingerprint density at radius 2 is 1.56 bits per heavy atom. The minimum Gasteiger partial charge on any atom is -1.00 e. The maximum absolute atomic E-state index is 2.73. The summed E-state index contributed by atoms with van der Waals surface area (Å²) in [6.07, 6.45) is 6.53. The standard InChI is InChI=1S/C12H11.3ClH.V/c1-10-6-5-9-12(10)11-7-3-2-4-8-11;;;;/h2-9H,1H3;3*1H;/q;;;;+3/p-3. The van der Waals surface area contributed by atoms with Gasteiger partial charge < -0.3 is 37.2 Å². The van der Waals surface area contributed by atoms with E-state index in [1.165, 1.54) is 11.1 Å². The van der Waals surface area contributed by atoms with Crippen molar-refractivity contribution in [3.8, 4) is 0 Å². The maximum atomic E-state index is 2.73. The predicted octanol–water partition coefficient (Wildman–Crippen LogP) is -5.62. The number of rotatable bonds is 1. The molecule has 0 nitrogen and oxygen atoms in total. The first-order chi connectivity index (χ1) is 6.20. The molecule has 0 fully saturated rings. The Morgan fingerprint density at radius 3 is 2.00 bits per heavy atom. The zero-order valence-corrected chi connectivity index (χ0v) is 12.4. The van der Waals surface area contributed by atoms with Crippen LogP contribution in [-0.2, 0) is 17.4 Å².